The van der Waals surface area contributed by atoms with Crippen LogP contribution in [0, 0.1) is 5.82 Å². The maximum absolute atomic E-state index is 13.7. The topological polar surface area (TPSA) is 25.8 Å². The molecule has 2 nitrogen and oxygen atoms in total. The number of halogens is 3. The van der Waals surface area contributed by atoms with Crippen molar-refractivity contribution in [2.24, 2.45) is 0 Å². The molecule has 0 unspecified atom stereocenters. The molecule has 1 aromatic carbocycles. The van der Waals surface area contributed by atoms with Gasteiger partial charge in [-0.25, -0.2) is 14.4 Å². The fourth-order valence-electron chi connectivity index (χ4n) is 1.53. The van der Waals surface area contributed by atoms with Gasteiger partial charge in [0.05, 0.1) is 11.3 Å². The van der Waals surface area contributed by atoms with Crippen LogP contribution in [0.3, 0.4) is 0 Å². The summed E-state index contributed by atoms with van der Waals surface area (Å²) in [5, 5.41) is 0.341. The van der Waals surface area contributed by atoms with Gasteiger partial charge >= 0.3 is 0 Å². The van der Waals surface area contributed by atoms with Gasteiger partial charge in [-0.05, 0) is 12.3 Å². The van der Waals surface area contributed by atoms with Crippen molar-refractivity contribution >= 4 is 35.0 Å². The molecule has 18 heavy (non-hydrogen) atoms. The zero-order chi connectivity index (χ0) is 13.1. The first-order valence-corrected chi connectivity index (χ1v) is 7.24. The summed E-state index contributed by atoms with van der Waals surface area (Å²) in [4.78, 5) is 8.25. The van der Waals surface area contributed by atoms with Crippen LogP contribution >= 0.6 is 35.0 Å². The van der Waals surface area contributed by atoms with Gasteiger partial charge in [0.2, 0.25) is 0 Å². The highest BCUT2D eigenvalue weighted by molar-refractivity contribution is 7.97. The lowest BCUT2D eigenvalue weighted by Crippen LogP contribution is -1.98. The molecular weight excluding hydrogens is 294 g/mol. The Kier molecular flexibility index (Phi) is 4.43. The smallest absolute Gasteiger partial charge is 0.142 e. The van der Waals surface area contributed by atoms with E-state index >= 15 is 0 Å². The maximum atomic E-state index is 13.7. The molecule has 0 aliphatic heterocycles. The van der Waals surface area contributed by atoms with Crippen LogP contribution in [0.15, 0.2) is 24.3 Å². The second kappa shape index (κ2) is 5.87. The number of rotatable bonds is 3. The molecule has 0 saturated heterocycles. The third kappa shape index (κ3) is 2.76. The summed E-state index contributed by atoms with van der Waals surface area (Å²) in [5.74, 6) is 0.747. The number of nitrogens with zero attached hydrogens (tertiary/aromatic N) is 2. The molecule has 0 saturated carbocycles. The van der Waals surface area contributed by atoms with Crippen molar-refractivity contribution in [3.63, 3.8) is 0 Å². The SMILES string of the molecule is CSCc1nc(Cl)c(-c2ccccc2F)c(Cl)n1. The summed E-state index contributed by atoms with van der Waals surface area (Å²) in [6.45, 7) is 0. The van der Waals surface area contributed by atoms with Crippen molar-refractivity contribution < 1.29 is 4.39 Å². The molecule has 6 heteroatoms. The van der Waals surface area contributed by atoms with Crippen molar-refractivity contribution in [3.05, 3.63) is 46.2 Å². The molecule has 0 aliphatic carbocycles. The van der Waals surface area contributed by atoms with Gasteiger partial charge in [-0.2, -0.15) is 11.8 Å². The molecule has 0 atom stereocenters. The normalized spacial score (nSPS) is 10.7. The van der Waals surface area contributed by atoms with Crippen molar-refractivity contribution in [2.45, 2.75) is 5.75 Å². The molecule has 2 rings (SSSR count). The summed E-state index contributed by atoms with van der Waals surface area (Å²) in [5.41, 5.74) is 0.643. The fraction of sp³-hybridized carbons (Fsp3) is 0.167. The standard InChI is InChI=1S/C12H9Cl2FN2S/c1-18-6-9-16-11(13)10(12(14)17-9)7-4-2-3-5-8(7)15/h2-5H,6H2,1H3. The second-order valence-corrected chi connectivity index (χ2v) is 5.09. The van der Waals surface area contributed by atoms with E-state index in [1.165, 1.54) is 6.07 Å². The van der Waals surface area contributed by atoms with Crippen LogP contribution in [0.5, 0.6) is 0 Å². The van der Waals surface area contributed by atoms with Crippen LogP contribution in [-0.4, -0.2) is 16.2 Å². The van der Waals surface area contributed by atoms with E-state index in [-0.39, 0.29) is 10.3 Å². The van der Waals surface area contributed by atoms with E-state index < -0.39 is 5.82 Å². The minimum absolute atomic E-state index is 0.171. The molecular formula is C12H9Cl2FN2S. The quantitative estimate of drug-likeness (QED) is 0.783. The average Bonchev–Trinajstić information content (AvgIpc) is 2.31. The Morgan fingerprint density at radius 2 is 1.78 bits per heavy atom. The molecule has 1 aromatic heterocycles. The molecule has 2 aromatic rings. The van der Waals surface area contributed by atoms with Gasteiger partial charge in [-0.15, -0.1) is 0 Å². The Morgan fingerprint density at radius 1 is 1.17 bits per heavy atom. The van der Waals surface area contributed by atoms with Crippen LogP contribution in [0.4, 0.5) is 4.39 Å². The summed E-state index contributed by atoms with van der Waals surface area (Å²) in [7, 11) is 0. The van der Waals surface area contributed by atoms with Gasteiger partial charge in [-0.1, -0.05) is 41.4 Å². The summed E-state index contributed by atoms with van der Waals surface area (Å²) < 4.78 is 13.7. The minimum atomic E-state index is -0.400. The van der Waals surface area contributed by atoms with E-state index in [9.17, 15) is 4.39 Å². The van der Waals surface area contributed by atoms with Gasteiger partial charge < -0.3 is 0 Å². The Morgan fingerprint density at radius 3 is 2.33 bits per heavy atom. The summed E-state index contributed by atoms with van der Waals surface area (Å²) in [6.07, 6.45) is 1.93. The van der Waals surface area contributed by atoms with Crippen molar-refractivity contribution in [3.8, 4) is 11.1 Å². The zero-order valence-electron chi connectivity index (χ0n) is 9.45. The molecule has 1 heterocycles. The van der Waals surface area contributed by atoms with E-state index in [0.717, 1.165) is 0 Å². The number of hydrogen-bond donors (Lipinski definition) is 0. The molecule has 0 radical (unpaired) electrons. The number of aromatic nitrogens is 2. The largest absolute Gasteiger partial charge is 0.220 e. The van der Waals surface area contributed by atoms with Crippen LogP contribution in [-0.2, 0) is 5.75 Å². The second-order valence-electron chi connectivity index (χ2n) is 3.51. The predicted octanol–water partition coefficient (Wildman–Crippen LogP) is 4.45. The van der Waals surface area contributed by atoms with Crippen LogP contribution in [0.25, 0.3) is 11.1 Å². The Labute approximate surface area is 119 Å². The highest BCUT2D eigenvalue weighted by atomic mass is 35.5. The molecule has 0 aliphatic rings. The van der Waals surface area contributed by atoms with Crippen molar-refractivity contribution in [2.75, 3.05) is 6.26 Å². The van der Waals surface area contributed by atoms with Gasteiger partial charge in [-0.3, -0.25) is 0 Å². The lowest BCUT2D eigenvalue weighted by Gasteiger charge is -2.08. The molecule has 0 spiro atoms. The lowest BCUT2D eigenvalue weighted by atomic mass is 10.1. The Hall–Kier alpha value is -0.840. The summed E-state index contributed by atoms with van der Waals surface area (Å²) in [6, 6.07) is 6.25. The van der Waals surface area contributed by atoms with Gasteiger partial charge in [0, 0.05) is 5.56 Å². The van der Waals surface area contributed by atoms with Crippen molar-refractivity contribution in [1.82, 2.24) is 9.97 Å². The average molecular weight is 303 g/mol. The van der Waals surface area contributed by atoms with Crippen molar-refractivity contribution in [1.29, 1.82) is 0 Å². The summed E-state index contributed by atoms with van der Waals surface area (Å²) >= 11 is 13.7. The highest BCUT2D eigenvalue weighted by Gasteiger charge is 2.16. The predicted molar refractivity (Wildman–Crippen MR) is 74.7 cm³/mol. The maximum Gasteiger partial charge on any atom is 0.142 e. The van der Waals surface area contributed by atoms with Gasteiger partial charge in [0.1, 0.15) is 21.9 Å². The lowest BCUT2D eigenvalue weighted by molar-refractivity contribution is 0.631. The number of thioether (sulfide) groups is 1. The third-order valence-electron chi connectivity index (χ3n) is 2.28. The molecule has 0 N–H and O–H groups in total. The number of benzene rings is 1. The van der Waals surface area contributed by atoms with Crippen LogP contribution in [0.2, 0.25) is 10.3 Å². The van der Waals surface area contributed by atoms with Gasteiger partial charge in [0.25, 0.3) is 0 Å². The first-order valence-electron chi connectivity index (χ1n) is 5.09. The first-order chi connectivity index (χ1) is 8.63. The first kappa shape index (κ1) is 13.6. The van der Waals surface area contributed by atoms with Crippen LogP contribution < -0.4 is 0 Å². The third-order valence-corrected chi connectivity index (χ3v) is 3.38. The Balaban J connectivity index is 2.56. The molecule has 0 bridgehead atoms. The Bertz CT molecular complexity index is 555. The molecule has 0 amide bonds. The molecule has 0 fully saturated rings. The van der Waals surface area contributed by atoms with E-state index in [1.54, 1.807) is 30.0 Å². The van der Waals surface area contributed by atoms with Gasteiger partial charge in [0.15, 0.2) is 0 Å². The van der Waals surface area contributed by atoms with E-state index in [0.29, 0.717) is 22.7 Å². The van der Waals surface area contributed by atoms with E-state index in [2.05, 4.69) is 9.97 Å². The highest BCUT2D eigenvalue weighted by Crippen LogP contribution is 2.34. The van der Waals surface area contributed by atoms with E-state index in [4.69, 9.17) is 23.2 Å². The fourth-order valence-corrected chi connectivity index (χ4v) is 2.54. The van der Waals surface area contributed by atoms with Crippen LogP contribution in [0.1, 0.15) is 5.82 Å². The minimum Gasteiger partial charge on any atom is -0.220 e. The number of hydrogen-bond acceptors (Lipinski definition) is 3. The zero-order valence-corrected chi connectivity index (χ0v) is 11.8. The molecule has 94 valence electrons. The monoisotopic (exact) mass is 302 g/mol. The van der Waals surface area contributed by atoms with E-state index in [1.807, 2.05) is 6.26 Å².